The van der Waals surface area contributed by atoms with E-state index in [2.05, 4.69) is 35.3 Å². The van der Waals surface area contributed by atoms with Gasteiger partial charge in [0.1, 0.15) is 0 Å². The SMILES string of the molecule is CCN(CC)CC#CC(=O)OC. The van der Waals surface area contributed by atoms with Crippen molar-refractivity contribution in [3.05, 3.63) is 0 Å². The lowest BCUT2D eigenvalue weighted by atomic mass is 10.4. The molecule has 0 atom stereocenters. The highest BCUT2D eigenvalue weighted by Gasteiger charge is 1.94. The van der Waals surface area contributed by atoms with Crippen molar-refractivity contribution in [2.24, 2.45) is 0 Å². The van der Waals surface area contributed by atoms with E-state index in [0.29, 0.717) is 6.54 Å². The van der Waals surface area contributed by atoms with Crippen LogP contribution >= 0.6 is 0 Å². The van der Waals surface area contributed by atoms with Gasteiger partial charge in [0.2, 0.25) is 0 Å². The smallest absolute Gasteiger partial charge is 0.384 e. The molecule has 68 valence electrons. The van der Waals surface area contributed by atoms with Crippen molar-refractivity contribution in [2.75, 3.05) is 26.7 Å². The Morgan fingerprint density at radius 1 is 1.42 bits per heavy atom. The zero-order valence-electron chi connectivity index (χ0n) is 7.89. The monoisotopic (exact) mass is 169 g/mol. The number of rotatable bonds is 3. The zero-order chi connectivity index (χ0) is 9.40. The Morgan fingerprint density at radius 2 is 2.00 bits per heavy atom. The van der Waals surface area contributed by atoms with Gasteiger partial charge in [-0.15, -0.1) is 0 Å². The van der Waals surface area contributed by atoms with Gasteiger partial charge < -0.3 is 4.74 Å². The summed E-state index contributed by atoms with van der Waals surface area (Å²) in [6.07, 6.45) is 0. The molecule has 0 saturated heterocycles. The van der Waals surface area contributed by atoms with Crippen molar-refractivity contribution in [1.29, 1.82) is 0 Å². The molecule has 0 unspecified atom stereocenters. The minimum absolute atomic E-state index is 0.470. The fourth-order valence-corrected chi connectivity index (χ4v) is 0.722. The average Bonchev–Trinajstić information content (AvgIpc) is 2.12. The number of hydrogen-bond acceptors (Lipinski definition) is 3. The molecule has 0 fully saturated rings. The molecule has 0 amide bonds. The Labute approximate surface area is 73.7 Å². The molecule has 0 aliphatic heterocycles. The van der Waals surface area contributed by atoms with Gasteiger partial charge in [0.25, 0.3) is 0 Å². The Bertz CT molecular complexity index is 186. The highest BCUT2D eigenvalue weighted by atomic mass is 16.5. The molecular formula is C9H15NO2. The highest BCUT2D eigenvalue weighted by Crippen LogP contribution is 1.83. The minimum Gasteiger partial charge on any atom is -0.459 e. The maximum Gasteiger partial charge on any atom is 0.384 e. The van der Waals surface area contributed by atoms with E-state index in [-0.39, 0.29) is 0 Å². The van der Waals surface area contributed by atoms with Crippen molar-refractivity contribution in [2.45, 2.75) is 13.8 Å². The Balaban J connectivity index is 3.75. The zero-order valence-corrected chi connectivity index (χ0v) is 7.89. The summed E-state index contributed by atoms with van der Waals surface area (Å²) in [5.74, 6) is 4.65. The third kappa shape index (κ3) is 4.75. The molecule has 0 aliphatic rings. The normalized spacial score (nSPS) is 9.00. The van der Waals surface area contributed by atoms with Crippen LogP contribution in [0.25, 0.3) is 0 Å². The maximum atomic E-state index is 10.6. The van der Waals surface area contributed by atoms with Crippen LogP contribution < -0.4 is 0 Å². The van der Waals surface area contributed by atoms with Crippen LogP contribution in [-0.2, 0) is 9.53 Å². The van der Waals surface area contributed by atoms with Crippen molar-refractivity contribution in [3.8, 4) is 11.8 Å². The molecular weight excluding hydrogens is 154 g/mol. The van der Waals surface area contributed by atoms with Gasteiger partial charge in [-0.05, 0) is 13.1 Å². The van der Waals surface area contributed by atoms with Gasteiger partial charge in [-0.3, -0.25) is 4.90 Å². The van der Waals surface area contributed by atoms with E-state index in [1.807, 2.05) is 0 Å². The molecule has 0 aromatic carbocycles. The largest absolute Gasteiger partial charge is 0.459 e. The van der Waals surface area contributed by atoms with E-state index in [0.717, 1.165) is 13.1 Å². The van der Waals surface area contributed by atoms with Crippen LogP contribution in [0.5, 0.6) is 0 Å². The lowest BCUT2D eigenvalue weighted by molar-refractivity contribution is -0.133. The summed E-state index contributed by atoms with van der Waals surface area (Å²) < 4.78 is 4.37. The summed E-state index contributed by atoms with van der Waals surface area (Å²) in [4.78, 5) is 12.7. The second kappa shape index (κ2) is 6.68. The molecule has 0 bridgehead atoms. The fraction of sp³-hybridized carbons (Fsp3) is 0.667. The van der Waals surface area contributed by atoms with Crippen LogP contribution in [-0.4, -0.2) is 37.6 Å². The number of nitrogens with zero attached hydrogens (tertiary/aromatic N) is 1. The molecule has 0 saturated carbocycles. The first-order valence-electron chi connectivity index (χ1n) is 4.03. The predicted octanol–water partition coefficient (Wildman–Crippen LogP) is 0.505. The molecule has 0 N–H and O–H groups in total. The summed E-state index contributed by atoms with van der Waals surface area (Å²) in [6.45, 7) is 6.65. The lowest BCUT2D eigenvalue weighted by Gasteiger charge is -2.12. The minimum atomic E-state index is -0.470. The lowest BCUT2D eigenvalue weighted by Crippen LogP contribution is -2.23. The van der Waals surface area contributed by atoms with E-state index in [9.17, 15) is 4.79 Å². The van der Waals surface area contributed by atoms with E-state index >= 15 is 0 Å². The van der Waals surface area contributed by atoms with Crippen LogP contribution in [0.4, 0.5) is 0 Å². The van der Waals surface area contributed by atoms with E-state index < -0.39 is 5.97 Å². The van der Waals surface area contributed by atoms with Gasteiger partial charge >= 0.3 is 5.97 Å². The third-order valence-corrected chi connectivity index (χ3v) is 1.57. The molecule has 3 nitrogen and oxygen atoms in total. The Kier molecular flexibility index (Phi) is 6.12. The molecule has 0 aromatic rings. The first-order valence-corrected chi connectivity index (χ1v) is 4.03. The molecule has 0 spiro atoms. The average molecular weight is 169 g/mol. The second-order valence-corrected chi connectivity index (χ2v) is 2.25. The first-order chi connectivity index (χ1) is 5.74. The van der Waals surface area contributed by atoms with Gasteiger partial charge in [-0.25, -0.2) is 4.79 Å². The topological polar surface area (TPSA) is 29.5 Å². The Morgan fingerprint density at radius 3 is 2.42 bits per heavy atom. The van der Waals surface area contributed by atoms with Crippen LogP contribution in [0.3, 0.4) is 0 Å². The number of ether oxygens (including phenoxy) is 1. The van der Waals surface area contributed by atoms with Gasteiger partial charge in [0.15, 0.2) is 0 Å². The quantitative estimate of drug-likeness (QED) is 0.350. The van der Waals surface area contributed by atoms with Crippen LogP contribution in [0.2, 0.25) is 0 Å². The van der Waals surface area contributed by atoms with Gasteiger partial charge in [-0.1, -0.05) is 19.8 Å². The third-order valence-electron chi connectivity index (χ3n) is 1.57. The highest BCUT2D eigenvalue weighted by molar-refractivity contribution is 5.88. The first kappa shape index (κ1) is 11.0. The van der Waals surface area contributed by atoms with Crippen molar-refractivity contribution >= 4 is 5.97 Å². The molecule has 0 aromatic heterocycles. The Hall–Kier alpha value is -1.01. The van der Waals surface area contributed by atoms with E-state index in [4.69, 9.17) is 0 Å². The fourth-order valence-electron chi connectivity index (χ4n) is 0.722. The maximum absolute atomic E-state index is 10.6. The molecule has 0 radical (unpaired) electrons. The van der Waals surface area contributed by atoms with Gasteiger partial charge in [0.05, 0.1) is 13.7 Å². The van der Waals surface area contributed by atoms with Gasteiger partial charge in [-0.2, -0.15) is 0 Å². The molecule has 3 heteroatoms. The molecule has 0 heterocycles. The van der Waals surface area contributed by atoms with Crippen LogP contribution in [0, 0.1) is 11.8 Å². The van der Waals surface area contributed by atoms with Gasteiger partial charge in [0, 0.05) is 5.92 Å². The summed E-state index contributed by atoms with van der Waals surface area (Å²) in [7, 11) is 1.33. The van der Waals surface area contributed by atoms with E-state index in [1.165, 1.54) is 7.11 Å². The van der Waals surface area contributed by atoms with Crippen molar-refractivity contribution < 1.29 is 9.53 Å². The number of methoxy groups -OCH3 is 1. The predicted molar refractivity (Wildman–Crippen MR) is 47.6 cm³/mol. The number of esters is 1. The van der Waals surface area contributed by atoms with Crippen LogP contribution in [0.15, 0.2) is 0 Å². The molecule has 0 aliphatic carbocycles. The summed E-state index contributed by atoms with van der Waals surface area (Å²) in [5.41, 5.74) is 0. The number of carbonyl (C=O) groups is 1. The second-order valence-electron chi connectivity index (χ2n) is 2.25. The van der Waals surface area contributed by atoms with Crippen molar-refractivity contribution in [3.63, 3.8) is 0 Å². The number of hydrogen-bond donors (Lipinski definition) is 0. The summed E-state index contributed by atoms with van der Waals surface area (Å²) in [6, 6.07) is 0. The molecule has 12 heavy (non-hydrogen) atoms. The standard InChI is InChI=1S/C9H15NO2/c1-4-10(5-2)8-6-7-9(11)12-3/h4-5,8H2,1-3H3. The summed E-state index contributed by atoms with van der Waals surface area (Å²) in [5, 5.41) is 0. The summed E-state index contributed by atoms with van der Waals surface area (Å²) >= 11 is 0. The van der Waals surface area contributed by atoms with E-state index in [1.54, 1.807) is 0 Å². The van der Waals surface area contributed by atoms with Crippen LogP contribution in [0.1, 0.15) is 13.8 Å². The van der Waals surface area contributed by atoms with Crippen molar-refractivity contribution in [1.82, 2.24) is 4.90 Å². The molecule has 0 rings (SSSR count). The number of carbonyl (C=O) groups excluding carboxylic acids is 1.